The lowest BCUT2D eigenvalue weighted by molar-refractivity contribution is -0.157. The Morgan fingerprint density at radius 3 is 2.49 bits per heavy atom. The van der Waals surface area contributed by atoms with Gasteiger partial charge in [-0.25, -0.2) is 4.68 Å². The van der Waals surface area contributed by atoms with Crippen molar-refractivity contribution in [3.05, 3.63) is 40.7 Å². The lowest BCUT2D eigenvalue weighted by Crippen LogP contribution is -2.60. The second-order valence-corrected chi connectivity index (χ2v) is 12.1. The lowest BCUT2D eigenvalue weighted by atomic mass is 9.66. The van der Waals surface area contributed by atoms with E-state index in [-0.39, 0.29) is 29.6 Å². The van der Waals surface area contributed by atoms with E-state index in [1.165, 1.54) is 0 Å². The van der Waals surface area contributed by atoms with Crippen molar-refractivity contribution in [3.63, 3.8) is 0 Å². The lowest BCUT2D eigenvalue weighted by Gasteiger charge is -2.51. The number of halogens is 1. The third-order valence-corrected chi connectivity index (χ3v) is 8.63. The number of piperidine rings is 1. The maximum atomic E-state index is 13.7. The van der Waals surface area contributed by atoms with Gasteiger partial charge in [-0.3, -0.25) is 9.59 Å². The maximum absolute atomic E-state index is 13.7. The van der Waals surface area contributed by atoms with Crippen LogP contribution in [0.3, 0.4) is 0 Å². The van der Waals surface area contributed by atoms with E-state index in [1.807, 2.05) is 46.9 Å². The number of aliphatic hydroxyl groups is 1. The van der Waals surface area contributed by atoms with Crippen molar-refractivity contribution in [2.75, 3.05) is 13.1 Å². The smallest absolute Gasteiger partial charge is 0.245 e. The number of rotatable bonds is 6. The van der Waals surface area contributed by atoms with Crippen molar-refractivity contribution < 1.29 is 14.7 Å². The molecule has 1 aromatic carbocycles. The minimum absolute atomic E-state index is 0.0704. The average molecular weight is 531 g/mol. The molecule has 2 fully saturated rings. The molecule has 4 unspecified atom stereocenters. The predicted octanol–water partition coefficient (Wildman–Crippen LogP) is 3.42. The van der Waals surface area contributed by atoms with Crippen LogP contribution in [-0.4, -0.2) is 61.2 Å². The molecule has 202 valence electrons. The van der Waals surface area contributed by atoms with Crippen LogP contribution in [0.25, 0.3) is 0 Å². The molecular formula is C27H39ClN6O3. The summed E-state index contributed by atoms with van der Waals surface area (Å²) in [6.07, 6.45) is 3.73. The molecule has 1 saturated heterocycles. The van der Waals surface area contributed by atoms with Crippen molar-refractivity contribution in [1.29, 1.82) is 0 Å². The van der Waals surface area contributed by atoms with Gasteiger partial charge in [-0.1, -0.05) is 57.8 Å². The van der Waals surface area contributed by atoms with Gasteiger partial charge < -0.3 is 15.3 Å². The first-order valence-electron chi connectivity index (χ1n) is 13.2. The molecule has 2 aliphatic rings. The summed E-state index contributed by atoms with van der Waals surface area (Å²) in [7, 11) is 1.82. The predicted molar refractivity (Wildman–Crippen MR) is 141 cm³/mol. The van der Waals surface area contributed by atoms with Gasteiger partial charge in [0.25, 0.3) is 0 Å². The van der Waals surface area contributed by atoms with Crippen molar-refractivity contribution in [3.8, 4) is 0 Å². The Kier molecular flexibility index (Phi) is 7.95. The van der Waals surface area contributed by atoms with Crippen molar-refractivity contribution in [1.82, 2.24) is 30.4 Å². The normalized spacial score (nSPS) is 26.6. The SMILES string of the molecule is CC(C)C(NC(=O)C1CCCC(c2nnnn2C)C1)C(=O)N1CCC(O)(c2ccc(Cl)cc2)C(C)(C)C1. The Bertz CT molecular complexity index is 1120. The third kappa shape index (κ3) is 5.53. The summed E-state index contributed by atoms with van der Waals surface area (Å²) in [5, 5.41) is 27.2. The highest BCUT2D eigenvalue weighted by molar-refractivity contribution is 6.30. The zero-order valence-corrected chi connectivity index (χ0v) is 23.2. The standard InChI is InChI=1S/C27H39ClN6O3/c1-17(2)22(29-24(35)19-8-6-7-18(15-19)23-30-31-32-33(23)5)25(36)34-14-13-27(37,26(3,4)16-34)20-9-11-21(28)12-10-20/h9-12,17-19,22,37H,6-8,13-16H2,1-5H3,(H,29,35). The fourth-order valence-electron chi connectivity index (χ4n) is 6.00. The van der Waals surface area contributed by atoms with Gasteiger partial charge in [0.2, 0.25) is 11.8 Å². The van der Waals surface area contributed by atoms with Crippen LogP contribution in [0.1, 0.15) is 77.1 Å². The molecule has 1 aromatic heterocycles. The number of benzene rings is 1. The van der Waals surface area contributed by atoms with E-state index in [1.54, 1.807) is 21.7 Å². The van der Waals surface area contributed by atoms with Crippen molar-refractivity contribution in [2.45, 2.75) is 77.4 Å². The molecule has 1 aliphatic heterocycles. The van der Waals surface area contributed by atoms with E-state index in [0.717, 1.165) is 30.7 Å². The van der Waals surface area contributed by atoms with Crippen LogP contribution in [0, 0.1) is 17.3 Å². The molecule has 0 spiro atoms. The first-order valence-corrected chi connectivity index (χ1v) is 13.6. The Morgan fingerprint density at radius 1 is 1.19 bits per heavy atom. The van der Waals surface area contributed by atoms with Gasteiger partial charge in [-0.2, -0.15) is 0 Å². The summed E-state index contributed by atoms with van der Waals surface area (Å²) >= 11 is 6.06. The second-order valence-electron chi connectivity index (χ2n) is 11.7. The van der Waals surface area contributed by atoms with Crippen LogP contribution < -0.4 is 5.32 Å². The van der Waals surface area contributed by atoms with Crippen LogP contribution >= 0.6 is 11.6 Å². The summed E-state index contributed by atoms with van der Waals surface area (Å²) < 4.78 is 1.68. The van der Waals surface area contributed by atoms with Crippen LogP contribution in [0.15, 0.2) is 24.3 Å². The Labute approximate surface area is 223 Å². The van der Waals surface area contributed by atoms with Crippen LogP contribution in [-0.2, 0) is 22.2 Å². The minimum atomic E-state index is -1.09. The fraction of sp³-hybridized carbons (Fsp3) is 0.667. The van der Waals surface area contributed by atoms with Gasteiger partial charge >= 0.3 is 0 Å². The number of hydrogen-bond acceptors (Lipinski definition) is 6. The molecule has 9 nitrogen and oxygen atoms in total. The molecule has 2 N–H and O–H groups in total. The summed E-state index contributed by atoms with van der Waals surface area (Å²) in [6, 6.07) is 6.65. The second kappa shape index (κ2) is 10.7. The summed E-state index contributed by atoms with van der Waals surface area (Å²) in [6.45, 7) is 8.66. The van der Waals surface area contributed by atoms with Gasteiger partial charge in [0.05, 0.1) is 5.60 Å². The van der Waals surface area contributed by atoms with Gasteiger partial charge in [0, 0.05) is 42.4 Å². The van der Waals surface area contributed by atoms with E-state index in [9.17, 15) is 14.7 Å². The molecule has 2 aromatic rings. The van der Waals surface area contributed by atoms with Crippen molar-refractivity contribution in [2.24, 2.45) is 24.3 Å². The van der Waals surface area contributed by atoms with Crippen LogP contribution in [0.4, 0.5) is 0 Å². The van der Waals surface area contributed by atoms with E-state index in [0.29, 0.717) is 31.0 Å². The fourth-order valence-corrected chi connectivity index (χ4v) is 6.12. The zero-order chi connectivity index (χ0) is 27.0. The van der Waals surface area contributed by atoms with Crippen LogP contribution in [0.5, 0.6) is 0 Å². The van der Waals surface area contributed by atoms with E-state index < -0.39 is 17.1 Å². The van der Waals surface area contributed by atoms with Gasteiger partial charge in [0.15, 0.2) is 5.82 Å². The molecule has 0 radical (unpaired) electrons. The van der Waals surface area contributed by atoms with Gasteiger partial charge in [-0.15, -0.1) is 5.10 Å². The minimum Gasteiger partial charge on any atom is -0.384 e. The highest BCUT2D eigenvalue weighted by atomic mass is 35.5. The molecular weight excluding hydrogens is 492 g/mol. The highest BCUT2D eigenvalue weighted by Gasteiger charge is 2.50. The number of tetrazole rings is 1. The number of hydrogen-bond donors (Lipinski definition) is 2. The summed E-state index contributed by atoms with van der Waals surface area (Å²) in [5.74, 6) is 0.500. The number of likely N-dealkylation sites (tertiary alicyclic amines) is 1. The zero-order valence-electron chi connectivity index (χ0n) is 22.4. The average Bonchev–Trinajstić information content (AvgIpc) is 3.29. The highest BCUT2D eigenvalue weighted by Crippen LogP contribution is 2.46. The Balaban J connectivity index is 1.44. The largest absolute Gasteiger partial charge is 0.384 e. The first-order chi connectivity index (χ1) is 17.4. The molecule has 2 heterocycles. The summed E-state index contributed by atoms with van der Waals surface area (Å²) in [5.41, 5.74) is -0.884. The van der Waals surface area contributed by atoms with Crippen molar-refractivity contribution >= 4 is 23.4 Å². The van der Waals surface area contributed by atoms with Gasteiger partial charge in [-0.05, 0) is 59.7 Å². The molecule has 1 aliphatic carbocycles. The van der Waals surface area contributed by atoms with Gasteiger partial charge in [0.1, 0.15) is 6.04 Å². The molecule has 4 rings (SSSR count). The number of carbonyl (C=O) groups excluding carboxylic acids is 2. The quantitative estimate of drug-likeness (QED) is 0.591. The number of carbonyl (C=O) groups is 2. The number of aromatic nitrogens is 4. The Hall–Kier alpha value is -2.52. The molecule has 4 atom stereocenters. The first kappa shape index (κ1) is 27.5. The number of amides is 2. The molecule has 2 amide bonds. The molecule has 37 heavy (non-hydrogen) atoms. The number of nitrogens with zero attached hydrogens (tertiary/aromatic N) is 5. The van der Waals surface area contributed by atoms with E-state index >= 15 is 0 Å². The van der Waals surface area contributed by atoms with E-state index in [4.69, 9.17) is 11.6 Å². The topological polar surface area (TPSA) is 113 Å². The number of aryl methyl sites for hydroxylation is 1. The maximum Gasteiger partial charge on any atom is 0.245 e. The third-order valence-electron chi connectivity index (χ3n) is 8.38. The van der Waals surface area contributed by atoms with Crippen LogP contribution in [0.2, 0.25) is 5.02 Å². The molecule has 0 bridgehead atoms. The Morgan fingerprint density at radius 2 is 1.89 bits per heavy atom. The molecule has 10 heteroatoms. The molecule has 1 saturated carbocycles. The monoisotopic (exact) mass is 530 g/mol. The van der Waals surface area contributed by atoms with E-state index in [2.05, 4.69) is 20.8 Å². The number of nitrogens with one attached hydrogen (secondary N) is 1. The summed E-state index contributed by atoms with van der Waals surface area (Å²) in [4.78, 5) is 28.9.